The number of benzene rings is 1. The Morgan fingerprint density at radius 2 is 1.95 bits per heavy atom. The molecule has 21 heavy (non-hydrogen) atoms. The Hall–Kier alpha value is -1.79. The van der Waals surface area contributed by atoms with Gasteiger partial charge in [-0.3, -0.25) is 0 Å². The van der Waals surface area contributed by atoms with Crippen molar-refractivity contribution in [3.63, 3.8) is 0 Å². The molecule has 2 unspecified atom stereocenters. The minimum absolute atomic E-state index is 0.179. The molecule has 0 radical (unpaired) electrons. The highest BCUT2D eigenvalue weighted by atomic mass is 16.7. The van der Waals surface area contributed by atoms with Gasteiger partial charge in [-0.05, 0) is 44.9 Å². The number of nitrogens with one attached hydrogen (secondary N) is 1. The Labute approximate surface area is 123 Å². The molecule has 1 aliphatic rings. The van der Waals surface area contributed by atoms with Crippen LogP contribution in [0.3, 0.4) is 0 Å². The van der Waals surface area contributed by atoms with Crippen molar-refractivity contribution >= 4 is 6.09 Å². The van der Waals surface area contributed by atoms with Gasteiger partial charge in [-0.1, -0.05) is 12.1 Å². The number of aliphatic hydroxyl groups excluding tert-OH is 1. The summed E-state index contributed by atoms with van der Waals surface area (Å²) >= 11 is 0. The number of ether oxygens (including phenoxy) is 2. The summed E-state index contributed by atoms with van der Waals surface area (Å²) in [6.07, 6.45) is -1.37. The van der Waals surface area contributed by atoms with Crippen molar-refractivity contribution in [2.75, 3.05) is 0 Å². The summed E-state index contributed by atoms with van der Waals surface area (Å²) in [5.74, 6) is 0.179. The van der Waals surface area contributed by atoms with Crippen LogP contribution in [-0.4, -0.2) is 40.3 Å². The lowest BCUT2D eigenvalue weighted by atomic mass is 10.0. The second kappa shape index (κ2) is 5.91. The Morgan fingerprint density at radius 3 is 2.43 bits per heavy atom. The number of amides is 1. The fourth-order valence-electron chi connectivity index (χ4n) is 2.00. The first kappa shape index (κ1) is 15.6. The monoisotopic (exact) mass is 295 g/mol. The van der Waals surface area contributed by atoms with Crippen LogP contribution in [0.5, 0.6) is 5.75 Å². The average Bonchev–Trinajstić information content (AvgIpc) is 3.06. The van der Waals surface area contributed by atoms with Crippen LogP contribution in [0.1, 0.15) is 26.3 Å². The second-order valence-electron chi connectivity index (χ2n) is 6.11. The van der Waals surface area contributed by atoms with Crippen LogP contribution in [0.15, 0.2) is 24.3 Å². The van der Waals surface area contributed by atoms with Crippen LogP contribution in [0.2, 0.25) is 0 Å². The number of epoxide rings is 1. The van der Waals surface area contributed by atoms with Gasteiger partial charge in [0.15, 0.2) is 6.29 Å². The standard InChI is InChI=1S/C15H21NO5/c1-15(2,3)21-14(19)16-11(12-13(18)20-12)8-9-4-6-10(17)7-5-9/h4-7,11-13,17-18H,8H2,1-3H3,(H,16,19)/t11-,12?,13?/m0/s1. The van der Waals surface area contributed by atoms with Crippen molar-refractivity contribution in [2.24, 2.45) is 0 Å². The molecule has 3 N–H and O–H groups in total. The highest BCUT2D eigenvalue weighted by molar-refractivity contribution is 5.68. The predicted octanol–water partition coefficient (Wildman–Crippen LogP) is 1.55. The molecule has 1 aromatic rings. The van der Waals surface area contributed by atoms with Gasteiger partial charge < -0.3 is 25.0 Å². The molecule has 0 bridgehead atoms. The molecule has 0 aliphatic carbocycles. The van der Waals surface area contributed by atoms with Crippen molar-refractivity contribution in [1.29, 1.82) is 0 Å². The fourth-order valence-corrected chi connectivity index (χ4v) is 2.00. The first-order chi connectivity index (χ1) is 9.74. The Bertz CT molecular complexity index is 494. The summed E-state index contributed by atoms with van der Waals surface area (Å²) in [5.41, 5.74) is 0.326. The van der Waals surface area contributed by atoms with E-state index in [0.29, 0.717) is 6.42 Å². The summed E-state index contributed by atoms with van der Waals surface area (Å²) in [6.45, 7) is 5.35. The topological polar surface area (TPSA) is 91.3 Å². The normalized spacial score (nSPS) is 22.5. The summed E-state index contributed by atoms with van der Waals surface area (Å²) in [4.78, 5) is 11.8. The highest BCUT2D eigenvalue weighted by Crippen LogP contribution is 2.25. The number of hydrogen-bond acceptors (Lipinski definition) is 5. The van der Waals surface area contributed by atoms with Crippen LogP contribution in [0, 0.1) is 0 Å². The molecule has 0 spiro atoms. The quantitative estimate of drug-likeness (QED) is 0.733. The van der Waals surface area contributed by atoms with Crippen molar-refractivity contribution in [1.82, 2.24) is 5.32 Å². The van der Waals surface area contributed by atoms with Gasteiger partial charge in [-0.25, -0.2) is 4.79 Å². The van der Waals surface area contributed by atoms with Gasteiger partial charge in [0, 0.05) is 0 Å². The lowest BCUT2D eigenvalue weighted by Gasteiger charge is -2.23. The Morgan fingerprint density at radius 1 is 1.38 bits per heavy atom. The molecule has 0 saturated carbocycles. The molecule has 1 aliphatic heterocycles. The fraction of sp³-hybridized carbons (Fsp3) is 0.533. The van der Waals surface area contributed by atoms with Crippen molar-refractivity contribution in [3.8, 4) is 5.75 Å². The van der Waals surface area contributed by atoms with Crippen LogP contribution < -0.4 is 5.32 Å². The number of rotatable bonds is 4. The predicted molar refractivity (Wildman–Crippen MR) is 75.8 cm³/mol. The first-order valence-electron chi connectivity index (χ1n) is 6.85. The molecule has 3 atom stereocenters. The van der Waals surface area contributed by atoms with E-state index in [1.54, 1.807) is 45.0 Å². The molecule has 1 heterocycles. The molecule has 1 amide bonds. The van der Waals surface area contributed by atoms with Gasteiger partial charge in [0.1, 0.15) is 17.5 Å². The van der Waals surface area contributed by atoms with Crippen LogP contribution in [0.25, 0.3) is 0 Å². The summed E-state index contributed by atoms with van der Waals surface area (Å²) in [6, 6.07) is 6.27. The number of aliphatic hydroxyl groups is 1. The average molecular weight is 295 g/mol. The maximum absolute atomic E-state index is 11.8. The zero-order chi connectivity index (χ0) is 15.6. The van der Waals surface area contributed by atoms with Crippen molar-refractivity contribution < 1.29 is 24.5 Å². The summed E-state index contributed by atoms with van der Waals surface area (Å²) < 4.78 is 10.3. The zero-order valence-corrected chi connectivity index (χ0v) is 12.4. The Kier molecular flexibility index (Phi) is 4.39. The van der Waals surface area contributed by atoms with E-state index < -0.39 is 24.1 Å². The highest BCUT2D eigenvalue weighted by Gasteiger charge is 2.44. The van der Waals surface area contributed by atoms with Crippen molar-refractivity contribution in [2.45, 2.75) is 51.2 Å². The summed E-state index contributed by atoms with van der Waals surface area (Å²) in [7, 11) is 0. The van der Waals surface area contributed by atoms with Crippen molar-refractivity contribution in [3.05, 3.63) is 29.8 Å². The third-order valence-corrected chi connectivity index (χ3v) is 2.99. The Balaban J connectivity index is 1.98. The van der Waals surface area contributed by atoms with E-state index >= 15 is 0 Å². The number of alkyl carbamates (subject to hydrolysis) is 1. The third kappa shape index (κ3) is 4.91. The van der Waals surface area contributed by atoms with Crippen LogP contribution in [-0.2, 0) is 15.9 Å². The van der Waals surface area contributed by atoms with E-state index in [-0.39, 0.29) is 11.8 Å². The number of hydrogen-bond donors (Lipinski definition) is 3. The van der Waals surface area contributed by atoms with Gasteiger partial charge in [-0.15, -0.1) is 0 Å². The molecular weight excluding hydrogens is 274 g/mol. The second-order valence-corrected chi connectivity index (χ2v) is 6.11. The molecular formula is C15H21NO5. The maximum Gasteiger partial charge on any atom is 0.407 e. The van der Waals surface area contributed by atoms with E-state index in [1.807, 2.05) is 0 Å². The van der Waals surface area contributed by atoms with Gasteiger partial charge in [-0.2, -0.15) is 0 Å². The minimum atomic E-state index is -0.859. The lowest BCUT2D eigenvalue weighted by Crippen LogP contribution is -2.43. The first-order valence-corrected chi connectivity index (χ1v) is 6.85. The zero-order valence-electron chi connectivity index (χ0n) is 12.4. The van der Waals surface area contributed by atoms with E-state index in [9.17, 15) is 15.0 Å². The number of phenols is 1. The maximum atomic E-state index is 11.8. The van der Waals surface area contributed by atoms with E-state index in [1.165, 1.54) is 0 Å². The van der Waals surface area contributed by atoms with E-state index in [4.69, 9.17) is 9.47 Å². The van der Waals surface area contributed by atoms with Gasteiger partial charge in [0.05, 0.1) is 6.04 Å². The molecule has 1 aromatic carbocycles. The third-order valence-electron chi connectivity index (χ3n) is 2.99. The molecule has 1 fully saturated rings. The van der Waals surface area contributed by atoms with Gasteiger partial charge >= 0.3 is 6.09 Å². The van der Waals surface area contributed by atoms with Crippen LogP contribution >= 0.6 is 0 Å². The SMILES string of the molecule is CC(C)(C)OC(=O)N[C@@H](Cc1ccc(O)cc1)C1OC1O. The molecule has 6 nitrogen and oxygen atoms in total. The molecule has 116 valence electrons. The lowest BCUT2D eigenvalue weighted by molar-refractivity contribution is 0.0495. The molecule has 2 rings (SSSR count). The van der Waals surface area contributed by atoms with Gasteiger partial charge in [0.25, 0.3) is 0 Å². The largest absolute Gasteiger partial charge is 0.508 e. The minimum Gasteiger partial charge on any atom is -0.508 e. The number of aromatic hydroxyl groups is 1. The molecule has 6 heteroatoms. The summed E-state index contributed by atoms with van der Waals surface area (Å²) in [5, 5.41) is 21.4. The van der Waals surface area contributed by atoms with Gasteiger partial charge in [0.2, 0.25) is 0 Å². The molecule has 0 aromatic heterocycles. The number of carbonyl (C=O) groups is 1. The smallest absolute Gasteiger partial charge is 0.407 e. The number of phenolic OH excluding ortho intramolecular Hbond substituents is 1. The number of carbonyl (C=O) groups excluding carboxylic acids is 1. The van der Waals surface area contributed by atoms with E-state index in [2.05, 4.69) is 5.32 Å². The molecule has 1 saturated heterocycles. The van der Waals surface area contributed by atoms with Crippen LogP contribution in [0.4, 0.5) is 4.79 Å². The van der Waals surface area contributed by atoms with E-state index in [0.717, 1.165) is 5.56 Å².